The first-order valence-electron chi connectivity index (χ1n) is 9.78. The van der Waals surface area contributed by atoms with Crippen LogP contribution >= 0.6 is 0 Å². The number of hydrogen-bond acceptors (Lipinski definition) is 6. The Balaban J connectivity index is 1.84. The molecule has 0 saturated carbocycles. The minimum atomic E-state index is -4.05. The molecule has 2 aromatic carbocycles. The van der Waals surface area contributed by atoms with Crippen LogP contribution < -0.4 is 10.2 Å². The van der Waals surface area contributed by atoms with Gasteiger partial charge in [-0.15, -0.1) is 0 Å². The van der Waals surface area contributed by atoms with Crippen molar-refractivity contribution in [2.75, 3.05) is 19.6 Å². The van der Waals surface area contributed by atoms with Gasteiger partial charge in [-0.05, 0) is 62.7 Å². The number of ether oxygens (including phenoxy) is 1. The Bertz CT molecular complexity index is 969. The second-order valence-electron chi connectivity index (χ2n) is 7.46. The molecule has 1 aliphatic heterocycles. The van der Waals surface area contributed by atoms with E-state index in [1.54, 1.807) is 17.6 Å². The molecule has 1 aliphatic rings. The molecular formula is C21H25BN2O5S. The van der Waals surface area contributed by atoms with Crippen molar-refractivity contribution in [3.8, 4) is 11.5 Å². The quantitative estimate of drug-likeness (QED) is 0.400. The number of sulfone groups is 1. The first-order valence-corrected chi connectivity index (χ1v) is 11.3. The summed E-state index contributed by atoms with van der Waals surface area (Å²) in [5, 5.41) is 9.24. The molecule has 2 radical (unpaired) electrons. The van der Waals surface area contributed by atoms with Gasteiger partial charge in [0.1, 0.15) is 11.5 Å². The highest BCUT2D eigenvalue weighted by molar-refractivity contribution is 7.93. The lowest BCUT2D eigenvalue weighted by molar-refractivity contribution is -0.133. The molecule has 0 aliphatic carbocycles. The number of carbonyl (C=O) groups excluding carboxylic acids is 1. The summed E-state index contributed by atoms with van der Waals surface area (Å²) >= 11 is 0. The van der Waals surface area contributed by atoms with E-state index >= 15 is 0 Å². The minimum Gasteiger partial charge on any atom is -0.457 e. The molecule has 30 heavy (non-hydrogen) atoms. The van der Waals surface area contributed by atoms with Gasteiger partial charge < -0.3 is 9.64 Å². The van der Waals surface area contributed by atoms with E-state index in [4.69, 9.17) is 12.6 Å². The number of rotatable bonds is 7. The van der Waals surface area contributed by atoms with E-state index in [1.165, 1.54) is 12.1 Å². The lowest BCUT2D eigenvalue weighted by Gasteiger charge is -2.39. The normalized spacial score (nSPS) is 16.7. The Morgan fingerprint density at radius 2 is 1.63 bits per heavy atom. The number of aryl methyl sites for hydroxylation is 1. The largest absolute Gasteiger partial charge is 0.457 e. The van der Waals surface area contributed by atoms with Crippen LogP contribution in [0.2, 0.25) is 6.32 Å². The number of hydroxylamine groups is 1. The Hall–Kier alpha value is -2.36. The van der Waals surface area contributed by atoms with Gasteiger partial charge in [-0.3, -0.25) is 10.0 Å². The van der Waals surface area contributed by atoms with Gasteiger partial charge >= 0.3 is 0 Å². The van der Waals surface area contributed by atoms with Crippen LogP contribution in [0.4, 0.5) is 0 Å². The molecule has 9 heteroatoms. The fraction of sp³-hybridized carbons (Fsp3) is 0.381. The van der Waals surface area contributed by atoms with Crippen LogP contribution in [0.5, 0.6) is 11.5 Å². The number of benzene rings is 2. The average Bonchev–Trinajstić information content (AvgIpc) is 2.76. The average molecular weight is 428 g/mol. The number of likely N-dealkylation sites (tertiary alicyclic amines) is 1. The summed E-state index contributed by atoms with van der Waals surface area (Å²) in [6, 6.07) is 13.5. The number of nitrogens with one attached hydrogen (secondary N) is 1. The summed E-state index contributed by atoms with van der Waals surface area (Å²) in [5.74, 6) is 0.214. The van der Waals surface area contributed by atoms with Crippen LogP contribution in [0.1, 0.15) is 18.4 Å². The fourth-order valence-electron chi connectivity index (χ4n) is 3.69. The first-order chi connectivity index (χ1) is 14.3. The summed E-state index contributed by atoms with van der Waals surface area (Å²) in [4.78, 5) is 14.5. The number of piperidine rings is 1. The van der Waals surface area contributed by atoms with E-state index in [2.05, 4.69) is 0 Å². The molecule has 2 N–H and O–H groups in total. The molecule has 3 rings (SSSR count). The predicted octanol–water partition coefficient (Wildman–Crippen LogP) is 2.49. The van der Waals surface area contributed by atoms with Crippen LogP contribution in [0.25, 0.3) is 0 Å². The van der Waals surface area contributed by atoms with Crippen LogP contribution in [0.15, 0.2) is 53.4 Å². The van der Waals surface area contributed by atoms with Crippen molar-refractivity contribution in [2.24, 2.45) is 0 Å². The van der Waals surface area contributed by atoms with Crippen LogP contribution in [0.3, 0.4) is 0 Å². The first kappa shape index (κ1) is 22.3. The second kappa shape index (κ2) is 9.20. The van der Waals surface area contributed by atoms with Gasteiger partial charge in [0.05, 0.1) is 12.7 Å². The summed E-state index contributed by atoms with van der Waals surface area (Å²) < 4.78 is 30.9. The van der Waals surface area contributed by atoms with Gasteiger partial charge in [0.2, 0.25) is 0 Å². The highest BCUT2D eigenvalue weighted by Gasteiger charge is 2.52. The number of carbonyl (C=O) groups is 1. The van der Waals surface area contributed by atoms with E-state index < -0.39 is 20.5 Å². The molecule has 7 nitrogen and oxygen atoms in total. The molecule has 0 spiro atoms. The Kier molecular flexibility index (Phi) is 6.85. The highest BCUT2D eigenvalue weighted by atomic mass is 32.2. The third kappa shape index (κ3) is 4.38. The molecule has 2 aromatic rings. The van der Waals surface area contributed by atoms with E-state index in [0.717, 1.165) is 5.56 Å². The Morgan fingerprint density at radius 3 is 2.13 bits per heavy atom. The maximum absolute atomic E-state index is 13.4. The highest BCUT2D eigenvalue weighted by Crippen LogP contribution is 2.36. The zero-order valence-electron chi connectivity index (χ0n) is 16.9. The standard InChI is InChI=1S/C21H25BN2O5S/c1-16-2-4-17(5-3-16)29-18-6-8-19(9-7-18)30(27,28)21(20(25)23-26)10-13-24(14-11-21)15-12-22/h2-9,26H,10-15H2,1H3,(H,23,25). The van der Waals surface area contributed by atoms with Gasteiger partial charge in [-0.25, -0.2) is 13.9 Å². The second-order valence-corrected chi connectivity index (χ2v) is 9.72. The number of amides is 1. The molecule has 1 fully saturated rings. The molecular weight excluding hydrogens is 403 g/mol. The minimum absolute atomic E-state index is 0.00892. The van der Waals surface area contributed by atoms with Gasteiger partial charge in [0.15, 0.2) is 14.6 Å². The lowest BCUT2D eigenvalue weighted by Crippen LogP contribution is -2.57. The SMILES string of the molecule is [B]CCN1CCC(C(=O)NO)(S(=O)(=O)c2ccc(Oc3ccc(C)cc3)cc2)CC1. The summed E-state index contributed by atoms with van der Waals surface area (Å²) in [5.41, 5.74) is 2.67. The van der Waals surface area contributed by atoms with Crippen molar-refractivity contribution in [3.05, 3.63) is 54.1 Å². The molecule has 0 atom stereocenters. The fourth-order valence-corrected chi connectivity index (χ4v) is 5.65. The smallest absolute Gasteiger partial charge is 0.265 e. The predicted molar refractivity (Wildman–Crippen MR) is 114 cm³/mol. The summed E-state index contributed by atoms with van der Waals surface area (Å²) in [6.45, 7) is 3.40. The molecule has 1 amide bonds. The zero-order chi connectivity index (χ0) is 21.8. The Morgan fingerprint density at radius 1 is 1.10 bits per heavy atom. The molecule has 0 aromatic heterocycles. The molecule has 158 valence electrons. The van der Waals surface area contributed by atoms with E-state index in [0.29, 0.717) is 37.5 Å². The van der Waals surface area contributed by atoms with Crippen molar-refractivity contribution >= 4 is 23.6 Å². The summed E-state index contributed by atoms with van der Waals surface area (Å²) in [7, 11) is 1.52. The van der Waals surface area contributed by atoms with Gasteiger partial charge in [0, 0.05) is 13.1 Å². The lowest BCUT2D eigenvalue weighted by atomic mass is 9.94. The van der Waals surface area contributed by atoms with E-state index in [-0.39, 0.29) is 17.7 Å². The van der Waals surface area contributed by atoms with Crippen LogP contribution in [-0.4, -0.2) is 56.7 Å². The van der Waals surface area contributed by atoms with Crippen molar-refractivity contribution in [2.45, 2.75) is 35.7 Å². The maximum Gasteiger partial charge on any atom is 0.265 e. The Labute approximate surface area is 178 Å². The number of hydrogen-bond donors (Lipinski definition) is 2. The number of nitrogens with zero attached hydrogens (tertiary/aromatic N) is 1. The van der Waals surface area contributed by atoms with Crippen molar-refractivity contribution < 1.29 is 23.2 Å². The van der Waals surface area contributed by atoms with Gasteiger partial charge in [-0.2, -0.15) is 0 Å². The monoisotopic (exact) mass is 428 g/mol. The van der Waals surface area contributed by atoms with Gasteiger partial charge in [0.25, 0.3) is 5.91 Å². The molecule has 1 heterocycles. The molecule has 0 bridgehead atoms. The molecule has 1 saturated heterocycles. The van der Waals surface area contributed by atoms with Crippen LogP contribution in [-0.2, 0) is 14.6 Å². The third-order valence-electron chi connectivity index (χ3n) is 5.53. The zero-order valence-corrected chi connectivity index (χ0v) is 17.7. The maximum atomic E-state index is 13.4. The molecule has 0 unspecified atom stereocenters. The topological polar surface area (TPSA) is 95.9 Å². The van der Waals surface area contributed by atoms with Gasteiger partial charge in [-0.1, -0.05) is 24.0 Å². The van der Waals surface area contributed by atoms with E-state index in [9.17, 15) is 18.4 Å². The van der Waals surface area contributed by atoms with Crippen LogP contribution in [0, 0.1) is 6.92 Å². The third-order valence-corrected chi connectivity index (χ3v) is 8.04. The van der Waals surface area contributed by atoms with Crippen molar-refractivity contribution in [3.63, 3.8) is 0 Å². The van der Waals surface area contributed by atoms with Crippen molar-refractivity contribution in [1.29, 1.82) is 0 Å². The summed E-state index contributed by atoms with van der Waals surface area (Å²) in [6.07, 6.45) is 0.598. The van der Waals surface area contributed by atoms with E-state index in [1.807, 2.05) is 36.1 Å². The van der Waals surface area contributed by atoms with Crippen molar-refractivity contribution in [1.82, 2.24) is 10.4 Å².